The lowest BCUT2D eigenvalue weighted by Crippen LogP contribution is -2.18. The van der Waals surface area contributed by atoms with Crippen LogP contribution in [0.5, 0.6) is 0 Å². The van der Waals surface area contributed by atoms with Crippen LogP contribution >= 0.6 is 0 Å². The summed E-state index contributed by atoms with van der Waals surface area (Å²) in [5.41, 5.74) is 21.4. The van der Waals surface area contributed by atoms with Crippen LogP contribution in [0, 0.1) is 0 Å². The topological polar surface area (TPSA) is 3.24 Å². The van der Waals surface area contributed by atoms with Crippen molar-refractivity contribution in [3.05, 3.63) is 210 Å². The number of fused-ring (bicyclic) bond motifs is 6. The SMILES string of the molecule is CC1(C)c2ccccc2-c2ccc(N(c3ccc(-c4cc(-c5ccccc5)ccc4-c4ccccc4)cc3)c3ccc4c(c3)C(C)(C)c3ccccc3-4)cc21. The number of anilines is 3. The highest BCUT2D eigenvalue weighted by Gasteiger charge is 2.37. The monoisotopic (exact) mass is 705 g/mol. The highest BCUT2D eigenvalue weighted by molar-refractivity contribution is 5.91. The van der Waals surface area contributed by atoms with Gasteiger partial charge in [-0.15, -0.1) is 0 Å². The fourth-order valence-electron chi connectivity index (χ4n) is 9.36. The van der Waals surface area contributed by atoms with Gasteiger partial charge < -0.3 is 4.90 Å². The lowest BCUT2D eigenvalue weighted by molar-refractivity contribution is 0.660. The van der Waals surface area contributed by atoms with Gasteiger partial charge in [0.2, 0.25) is 0 Å². The Morgan fingerprint density at radius 3 is 1.22 bits per heavy atom. The maximum Gasteiger partial charge on any atom is 0.0465 e. The van der Waals surface area contributed by atoms with Crippen molar-refractivity contribution < 1.29 is 0 Å². The first-order valence-corrected chi connectivity index (χ1v) is 19.4. The maximum atomic E-state index is 2.46. The molecule has 0 N–H and O–H groups in total. The molecular formula is C54H43N. The van der Waals surface area contributed by atoms with E-state index in [9.17, 15) is 0 Å². The van der Waals surface area contributed by atoms with Crippen LogP contribution in [0.3, 0.4) is 0 Å². The van der Waals surface area contributed by atoms with Crippen molar-refractivity contribution in [3.8, 4) is 55.6 Å². The van der Waals surface area contributed by atoms with Gasteiger partial charge in [0, 0.05) is 27.9 Å². The predicted molar refractivity (Wildman–Crippen MR) is 233 cm³/mol. The van der Waals surface area contributed by atoms with Crippen molar-refractivity contribution in [3.63, 3.8) is 0 Å². The van der Waals surface area contributed by atoms with Gasteiger partial charge >= 0.3 is 0 Å². The van der Waals surface area contributed by atoms with Crippen molar-refractivity contribution in [2.45, 2.75) is 38.5 Å². The first-order chi connectivity index (χ1) is 26.8. The van der Waals surface area contributed by atoms with Crippen molar-refractivity contribution in [2.75, 3.05) is 4.90 Å². The first-order valence-electron chi connectivity index (χ1n) is 19.4. The van der Waals surface area contributed by atoms with E-state index in [4.69, 9.17) is 0 Å². The quantitative estimate of drug-likeness (QED) is 0.166. The van der Waals surface area contributed by atoms with Crippen LogP contribution in [-0.2, 0) is 10.8 Å². The van der Waals surface area contributed by atoms with Gasteiger partial charge in [0.25, 0.3) is 0 Å². The van der Waals surface area contributed by atoms with E-state index in [0.29, 0.717) is 0 Å². The molecule has 55 heavy (non-hydrogen) atoms. The second-order valence-electron chi connectivity index (χ2n) is 16.2. The van der Waals surface area contributed by atoms with E-state index in [1.165, 1.54) is 77.9 Å². The maximum absolute atomic E-state index is 2.46. The third-order valence-corrected chi connectivity index (χ3v) is 12.3. The fraction of sp³-hybridized carbons (Fsp3) is 0.111. The molecule has 264 valence electrons. The fourth-order valence-corrected chi connectivity index (χ4v) is 9.36. The molecule has 0 saturated carbocycles. The Morgan fingerprint density at radius 1 is 0.273 bits per heavy atom. The second kappa shape index (κ2) is 12.6. The van der Waals surface area contributed by atoms with Crippen LogP contribution in [0.25, 0.3) is 55.6 Å². The van der Waals surface area contributed by atoms with Crippen LogP contribution in [0.1, 0.15) is 49.9 Å². The second-order valence-corrected chi connectivity index (χ2v) is 16.2. The Bertz CT molecular complexity index is 2630. The largest absolute Gasteiger partial charge is 0.310 e. The number of nitrogens with zero attached hydrogens (tertiary/aromatic N) is 1. The number of hydrogen-bond donors (Lipinski definition) is 0. The molecule has 0 aliphatic heterocycles. The minimum atomic E-state index is -0.101. The summed E-state index contributed by atoms with van der Waals surface area (Å²) in [5.74, 6) is 0. The Morgan fingerprint density at radius 2 is 0.673 bits per heavy atom. The highest BCUT2D eigenvalue weighted by Crippen LogP contribution is 2.53. The minimum Gasteiger partial charge on any atom is -0.310 e. The average molecular weight is 706 g/mol. The van der Waals surface area contributed by atoms with Crippen LogP contribution < -0.4 is 4.90 Å². The molecular weight excluding hydrogens is 663 g/mol. The van der Waals surface area contributed by atoms with E-state index in [1.54, 1.807) is 0 Å². The van der Waals surface area contributed by atoms with Gasteiger partial charge in [-0.2, -0.15) is 0 Å². The molecule has 0 atom stereocenters. The van der Waals surface area contributed by atoms with Gasteiger partial charge in [-0.1, -0.05) is 173 Å². The standard InChI is InChI=1S/C54H43N/c1-53(2)49-21-13-11-19-44(49)46-31-28-41(34-51(46)53)55(42-29-32-47-45-20-12-14-22-50(45)54(3,4)52(47)35-42)40-26-23-38(24-27-40)48-33-39(36-15-7-5-8-16-36)25-30-43(48)37-17-9-6-10-18-37/h5-35H,1-4H3. The summed E-state index contributed by atoms with van der Waals surface area (Å²) in [6.07, 6.45) is 0. The minimum absolute atomic E-state index is 0.101. The summed E-state index contributed by atoms with van der Waals surface area (Å²) >= 11 is 0. The molecule has 1 heteroatoms. The molecule has 0 heterocycles. The summed E-state index contributed by atoms with van der Waals surface area (Å²) in [7, 11) is 0. The van der Waals surface area contributed by atoms with E-state index in [-0.39, 0.29) is 10.8 Å². The van der Waals surface area contributed by atoms with Gasteiger partial charge in [-0.05, 0) is 120 Å². The highest BCUT2D eigenvalue weighted by atomic mass is 15.1. The van der Waals surface area contributed by atoms with Gasteiger partial charge in [0.15, 0.2) is 0 Å². The van der Waals surface area contributed by atoms with Crippen molar-refractivity contribution in [2.24, 2.45) is 0 Å². The number of hydrogen-bond acceptors (Lipinski definition) is 1. The van der Waals surface area contributed by atoms with E-state index < -0.39 is 0 Å². The normalized spacial score (nSPS) is 14.1. The third-order valence-electron chi connectivity index (χ3n) is 12.3. The lowest BCUT2D eigenvalue weighted by Gasteiger charge is -2.30. The van der Waals surface area contributed by atoms with E-state index in [1.807, 2.05) is 0 Å². The number of benzene rings is 8. The number of rotatable bonds is 6. The van der Waals surface area contributed by atoms with Crippen LogP contribution in [0.4, 0.5) is 17.1 Å². The molecule has 0 amide bonds. The van der Waals surface area contributed by atoms with E-state index in [2.05, 4.69) is 221 Å². The van der Waals surface area contributed by atoms with Gasteiger partial charge in [-0.3, -0.25) is 0 Å². The first kappa shape index (κ1) is 33.2. The Hall–Kier alpha value is -6.44. The Labute approximate surface area is 325 Å². The van der Waals surface area contributed by atoms with Gasteiger partial charge in [-0.25, -0.2) is 0 Å². The van der Waals surface area contributed by atoms with Crippen LogP contribution in [-0.4, -0.2) is 0 Å². The summed E-state index contributed by atoms with van der Waals surface area (Å²) in [4.78, 5) is 2.46. The van der Waals surface area contributed by atoms with E-state index >= 15 is 0 Å². The van der Waals surface area contributed by atoms with Crippen molar-refractivity contribution in [1.29, 1.82) is 0 Å². The van der Waals surface area contributed by atoms with E-state index in [0.717, 1.165) is 17.1 Å². The molecule has 0 saturated heterocycles. The molecule has 10 rings (SSSR count). The van der Waals surface area contributed by atoms with Gasteiger partial charge in [0.05, 0.1) is 0 Å². The zero-order valence-electron chi connectivity index (χ0n) is 31.8. The van der Waals surface area contributed by atoms with Crippen LogP contribution in [0.15, 0.2) is 188 Å². The lowest BCUT2D eigenvalue weighted by atomic mass is 9.82. The van der Waals surface area contributed by atoms with Crippen molar-refractivity contribution in [1.82, 2.24) is 0 Å². The molecule has 0 radical (unpaired) electrons. The molecule has 2 aliphatic rings. The third kappa shape index (κ3) is 5.29. The molecule has 0 aromatic heterocycles. The molecule has 8 aromatic rings. The smallest absolute Gasteiger partial charge is 0.0465 e. The molecule has 1 nitrogen and oxygen atoms in total. The Kier molecular flexibility index (Phi) is 7.58. The zero-order valence-corrected chi connectivity index (χ0v) is 31.8. The zero-order chi connectivity index (χ0) is 37.3. The molecule has 0 bridgehead atoms. The summed E-state index contributed by atoms with van der Waals surface area (Å²) in [6.45, 7) is 9.46. The summed E-state index contributed by atoms with van der Waals surface area (Å²) < 4.78 is 0. The molecule has 0 spiro atoms. The molecule has 2 aliphatic carbocycles. The van der Waals surface area contributed by atoms with Crippen LogP contribution in [0.2, 0.25) is 0 Å². The molecule has 0 unspecified atom stereocenters. The molecule has 8 aromatic carbocycles. The summed E-state index contributed by atoms with van der Waals surface area (Å²) in [5, 5.41) is 0. The predicted octanol–water partition coefficient (Wildman–Crippen LogP) is 14.8. The average Bonchev–Trinajstić information content (AvgIpc) is 3.61. The van der Waals surface area contributed by atoms with Gasteiger partial charge in [0.1, 0.15) is 0 Å². The van der Waals surface area contributed by atoms with Crippen molar-refractivity contribution >= 4 is 17.1 Å². The Balaban J connectivity index is 1.13. The molecule has 0 fully saturated rings. The summed E-state index contributed by atoms with van der Waals surface area (Å²) in [6, 6.07) is 69.5.